The van der Waals surface area contributed by atoms with Gasteiger partial charge in [0.15, 0.2) is 0 Å². The second-order valence-corrected chi connectivity index (χ2v) is 4.49. The molecular weight excluding hydrogens is 302 g/mol. The molecule has 6 heteroatoms. The van der Waals surface area contributed by atoms with Crippen molar-refractivity contribution >= 4 is 16.9 Å². The fourth-order valence-corrected chi connectivity index (χ4v) is 2.17. The van der Waals surface area contributed by atoms with Gasteiger partial charge in [-0.3, -0.25) is 4.98 Å². The van der Waals surface area contributed by atoms with Gasteiger partial charge in [0.1, 0.15) is 0 Å². The first-order valence-electron chi connectivity index (χ1n) is 5.87. The normalized spacial score (nSPS) is 14.4. The summed E-state index contributed by atoms with van der Waals surface area (Å²) in [6, 6.07) is 2.30. The summed E-state index contributed by atoms with van der Waals surface area (Å²) >= 11 is 0. The minimum atomic E-state index is 0. The van der Waals surface area contributed by atoms with E-state index in [1.807, 2.05) is 0 Å². The number of hydrogen-bond donors (Lipinski definition) is 0. The van der Waals surface area contributed by atoms with E-state index in [1.54, 1.807) is 6.33 Å². The molecule has 3 rings (SSSR count). The maximum atomic E-state index is 5.45. The van der Waals surface area contributed by atoms with Crippen LogP contribution in [0.25, 0.3) is 16.4 Å². The number of ether oxygens (including phenoxy) is 1. The van der Waals surface area contributed by atoms with E-state index in [4.69, 9.17) is 4.74 Å². The third-order valence-electron chi connectivity index (χ3n) is 2.84. The van der Waals surface area contributed by atoms with Gasteiger partial charge in [0.2, 0.25) is 0 Å². The SMILES string of the molecule is CC(C)[N-]c1ncnc2cc3n(c12)CCOC3.[Rb+]. The van der Waals surface area contributed by atoms with Crippen molar-refractivity contribution in [1.82, 2.24) is 14.5 Å². The number of nitrogens with zero attached hydrogens (tertiary/aromatic N) is 4. The third-order valence-corrected chi connectivity index (χ3v) is 2.84. The van der Waals surface area contributed by atoms with Gasteiger partial charge in [0, 0.05) is 18.6 Å². The summed E-state index contributed by atoms with van der Waals surface area (Å²) in [5, 5.41) is 4.56. The fourth-order valence-electron chi connectivity index (χ4n) is 2.17. The summed E-state index contributed by atoms with van der Waals surface area (Å²) in [5.41, 5.74) is 3.16. The van der Waals surface area contributed by atoms with Gasteiger partial charge < -0.3 is 19.6 Å². The molecule has 1 aliphatic rings. The van der Waals surface area contributed by atoms with Crippen LogP contribution in [-0.4, -0.2) is 27.2 Å². The van der Waals surface area contributed by atoms with Crippen molar-refractivity contribution in [3.05, 3.63) is 23.4 Å². The van der Waals surface area contributed by atoms with Crippen molar-refractivity contribution < 1.29 is 62.9 Å². The predicted molar refractivity (Wildman–Crippen MR) is 65.3 cm³/mol. The fraction of sp³-hybridized carbons (Fsp3) is 0.500. The predicted octanol–water partition coefficient (Wildman–Crippen LogP) is -0.621. The molecule has 0 aromatic carbocycles. The number of hydrogen-bond acceptors (Lipinski definition) is 3. The van der Waals surface area contributed by atoms with Gasteiger partial charge in [0.05, 0.1) is 24.2 Å². The molecule has 2 aromatic rings. The zero-order chi connectivity index (χ0) is 11.8. The molecule has 0 atom stereocenters. The largest absolute Gasteiger partial charge is 1.00 e. The first kappa shape index (κ1) is 14.6. The monoisotopic (exact) mass is 316 g/mol. The van der Waals surface area contributed by atoms with E-state index < -0.39 is 0 Å². The van der Waals surface area contributed by atoms with Crippen molar-refractivity contribution in [2.45, 2.75) is 33.0 Å². The Morgan fingerprint density at radius 3 is 3.00 bits per heavy atom. The van der Waals surface area contributed by atoms with Crippen molar-refractivity contribution in [1.29, 1.82) is 0 Å². The maximum Gasteiger partial charge on any atom is 1.00 e. The van der Waals surface area contributed by atoms with Crippen molar-refractivity contribution in [2.75, 3.05) is 6.61 Å². The standard InChI is InChI=1S/C12H15N4O.Rb/c1-8(2)15-12-11-10(13-7-14-12)5-9-6-17-4-3-16(9)11;/h5,7-8H,3-4,6H2,1-2H3;/q-1;+1. The molecule has 0 fully saturated rings. The summed E-state index contributed by atoms with van der Waals surface area (Å²) in [7, 11) is 0. The van der Waals surface area contributed by atoms with E-state index in [0.717, 1.165) is 35.7 Å². The van der Waals surface area contributed by atoms with Crippen LogP contribution in [0.15, 0.2) is 12.4 Å². The molecule has 1 aliphatic heterocycles. The molecule has 18 heavy (non-hydrogen) atoms. The average Bonchev–Trinajstić information content (AvgIpc) is 2.67. The summed E-state index contributed by atoms with van der Waals surface area (Å²) in [6.07, 6.45) is 1.58. The molecule has 0 unspecified atom stereocenters. The summed E-state index contributed by atoms with van der Waals surface area (Å²) in [5.74, 6) is 0.790. The van der Waals surface area contributed by atoms with E-state index in [0.29, 0.717) is 6.61 Å². The topological polar surface area (TPSA) is 54.0 Å². The van der Waals surface area contributed by atoms with Crippen molar-refractivity contribution in [2.24, 2.45) is 0 Å². The molecule has 0 aliphatic carbocycles. The molecule has 0 radical (unpaired) electrons. The molecule has 0 N–H and O–H groups in total. The number of aromatic nitrogens is 3. The molecule has 0 saturated heterocycles. The Hall–Kier alpha value is 0.185. The zero-order valence-corrected chi connectivity index (χ0v) is 16.0. The van der Waals surface area contributed by atoms with Crippen LogP contribution in [0.3, 0.4) is 0 Å². The quantitative estimate of drug-likeness (QED) is 0.742. The Balaban J connectivity index is 0.00000120. The van der Waals surface area contributed by atoms with Crippen LogP contribution in [0.2, 0.25) is 0 Å². The Bertz CT molecular complexity index is 552. The van der Waals surface area contributed by atoms with Crippen LogP contribution in [-0.2, 0) is 17.9 Å². The Morgan fingerprint density at radius 2 is 2.22 bits per heavy atom. The van der Waals surface area contributed by atoms with Gasteiger partial charge in [-0.25, -0.2) is 0 Å². The van der Waals surface area contributed by atoms with Crippen LogP contribution in [0.4, 0.5) is 5.82 Å². The van der Waals surface area contributed by atoms with Crippen molar-refractivity contribution in [3.8, 4) is 0 Å². The Morgan fingerprint density at radius 1 is 1.39 bits per heavy atom. The second-order valence-electron chi connectivity index (χ2n) is 4.49. The molecule has 5 nitrogen and oxygen atoms in total. The Labute approximate surface area is 155 Å². The number of rotatable bonds is 2. The van der Waals surface area contributed by atoms with E-state index in [1.165, 1.54) is 0 Å². The van der Waals surface area contributed by atoms with Crippen LogP contribution >= 0.6 is 0 Å². The second kappa shape index (κ2) is 6.09. The average molecular weight is 317 g/mol. The molecule has 0 bridgehead atoms. The molecular formula is C12H15N4ORb. The van der Waals surface area contributed by atoms with E-state index in [-0.39, 0.29) is 64.2 Å². The van der Waals surface area contributed by atoms with Gasteiger partial charge >= 0.3 is 58.2 Å². The minimum absolute atomic E-state index is 0. The van der Waals surface area contributed by atoms with Crippen molar-refractivity contribution in [3.63, 3.8) is 0 Å². The molecule has 2 aromatic heterocycles. The Kier molecular flexibility index (Phi) is 4.94. The summed E-state index contributed by atoms with van der Waals surface area (Å²) < 4.78 is 7.67. The summed E-state index contributed by atoms with van der Waals surface area (Å²) in [4.78, 5) is 8.59. The van der Waals surface area contributed by atoms with Gasteiger partial charge in [-0.05, 0) is 17.9 Å². The molecule has 3 heterocycles. The van der Waals surface area contributed by atoms with Crippen LogP contribution in [0.5, 0.6) is 0 Å². The van der Waals surface area contributed by atoms with Gasteiger partial charge in [-0.15, -0.1) is 0 Å². The van der Waals surface area contributed by atoms with E-state index in [2.05, 4.69) is 39.8 Å². The van der Waals surface area contributed by atoms with E-state index in [9.17, 15) is 0 Å². The van der Waals surface area contributed by atoms with Crippen LogP contribution < -0.4 is 58.2 Å². The van der Waals surface area contributed by atoms with Gasteiger partial charge in [0.25, 0.3) is 0 Å². The zero-order valence-electron chi connectivity index (χ0n) is 11.1. The van der Waals surface area contributed by atoms with Gasteiger partial charge in [-0.2, -0.15) is 0 Å². The molecule has 0 amide bonds. The summed E-state index contributed by atoms with van der Waals surface area (Å²) in [6.45, 7) is 6.35. The number of fused-ring (bicyclic) bond motifs is 3. The first-order chi connectivity index (χ1) is 8.25. The molecule has 90 valence electrons. The first-order valence-corrected chi connectivity index (χ1v) is 5.87. The third kappa shape index (κ3) is 2.70. The van der Waals surface area contributed by atoms with Crippen LogP contribution in [0.1, 0.15) is 19.5 Å². The smallest absolute Gasteiger partial charge is 0.461 e. The van der Waals surface area contributed by atoms with Gasteiger partial charge in [-0.1, -0.05) is 13.8 Å². The minimum Gasteiger partial charge on any atom is -0.461 e. The maximum absolute atomic E-state index is 5.45. The van der Waals surface area contributed by atoms with Crippen LogP contribution in [0, 0.1) is 0 Å². The van der Waals surface area contributed by atoms with E-state index >= 15 is 0 Å². The molecule has 0 saturated carbocycles. The molecule has 0 spiro atoms.